The lowest BCUT2D eigenvalue weighted by molar-refractivity contribution is -0.383. The van der Waals surface area contributed by atoms with Gasteiger partial charge in [0.25, 0.3) is 0 Å². The second kappa shape index (κ2) is 6.69. The van der Waals surface area contributed by atoms with Crippen molar-refractivity contribution in [2.75, 3.05) is 17.2 Å². The predicted octanol–water partition coefficient (Wildman–Crippen LogP) is 3.78. The van der Waals surface area contributed by atoms with Crippen molar-refractivity contribution in [3.63, 3.8) is 0 Å². The average molecular weight is 289 g/mol. The number of nitrogens with one attached hydrogen (secondary N) is 2. The fraction of sp³-hybridized carbons (Fsp3) is 0.200. The zero-order valence-electron chi connectivity index (χ0n) is 11.6. The third-order valence-electron chi connectivity index (χ3n) is 3.01. The normalized spacial score (nSPS) is 10.2. The molecule has 0 aliphatic heterocycles. The van der Waals surface area contributed by atoms with Crippen LogP contribution in [0.25, 0.3) is 0 Å². The van der Waals surface area contributed by atoms with Gasteiger partial charge in [0.1, 0.15) is 17.2 Å². The van der Waals surface area contributed by atoms with Gasteiger partial charge in [-0.2, -0.15) is 0 Å². The largest absolute Gasteiger partial charge is 0.380 e. The van der Waals surface area contributed by atoms with E-state index >= 15 is 0 Å². The van der Waals surface area contributed by atoms with Gasteiger partial charge in [-0.25, -0.2) is 4.39 Å². The summed E-state index contributed by atoms with van der Waals surface area (Å²) in [6, 6.07) is 11.3. The van der Waals surface area contributed by atoms with Crippen molar-refractivity contribution in [3.8, 4) is 0 Å². The first kappa shape index (κ1) is 14.8. The fourth-order valence-electron chi connectivity index (χ4n) is 2.05. The van der Waals surface area contributed by atoms with Crippen LogP contribution < -0.4 is 10.6 Å². The summed E-state index contributed by atoms with van der Waals surface area (Å²) < 4.78 is 13.6. The van der Waals surface area contributed by atoms with Crippen molar-refractivity contribution in [1.29, 1.82) is 0 Å². The van der Waals surface area contributed by atoms with Gasteiger partial charge in [0.05, 0.1) is 4.92 Å². The number of hydrogen-bond donors (Lipinski definition) is 2. The standard InChI is InChI=1S/C15H16FN3O2/c1-2-17-13-8-5-9-14(15(13)19(20)21)18-10-11-6-3-4-7-12(11)16/h3-9,17-18H,2,10H2,1H3. The van der Waals surface area contributed by atoms with Crippen molar-refractivity contribution >= 4 is 17.1 Å². The molecule has 0 atom stereocenters. The van der Waals surface area contributed by atoms with Gasteiger partial charge >= 0.3 is 5.69 Å². The first-order valence-corrected chi connectivity index (χ1v) is 6.62. The lowest BCUT2D eigenvalue weighted by atomic mass is 10.2. The van der Waals surface area contributed by atoms with E-state index in [2.05, 4.69) is 10.6 Å². The van der Waals surface area contributed by atoms with Crippen LogP contribution in [0.3, 0.4) is 0 Å². The SMILES string of the molecule is CCNc1cccc(NCc2ccccc2F)c1[N+](=O)[O-]. The lowest BCUT2D eigenvalue weighted by Gasteiger charge is -2.11. The second-order valence-corrected chi connectivity index (χ2v) is 4.43. The third-order valence-corrected chi connectivity index (χ3v) is 3.01. The predicted molar refractivity (Wildman–Crippen MR) is 81.0 cm³/mol. The van der Waals surface area contributed by atoms with E-state index in [0.29, 0.717) is 23.5 Å². The first-order chi connectivity index (χ1) is 10.1. The number of halogens is 1. The van der Waals surface area contributed by atoms with Crippen LogP contribution >= 0.6 is 0 Å². The van der Waals surface area contributed by atoms with E-state index in [-0.39, 0.29) is 18.0 Å². The van der Waals surface area contributed by atoms with Crippen LogP contribution in [0.1, 0.15) is 12.5 Å². The topological polar surface area (TPSA) is 67.2 Å². The molecule has 110 valence electrons. The van der Waals surface area contributed by atoms with Crippen molar-refractivity contribution in [1.82, 2.24) is 0 Å². The molecule has 0 saturated heterocycles. The number of nitro groups is 1. The summed E-state index contributed by atoms with van der Waals surface area (Å²) in [6.45, 7) is 2.63. The van der Waals surface area contributed by atoms with Crippen LogP contribution in [0.5, 0.6) is 0 Å². The van der Waals surface area contributed by atoms with Gasteiger partial charge in [0.15, 0.2) is 0 Å². The van der Waals surface area contributed by atoms with Gasteiger partial charge < -0.3 is 10.6 Å². The maximum absolute atomic E-state index is 13.6. The Morgan fingerprint density at radius 3 is 2.38 bits per heavy atom. The highest BCUT2D eigenvalue weighted by molar-refractivity contribution is 5.76. The Morgan fingerprint density at radius 2 is 1.76 bits per heavy atom. The summed E-state index contributed by atoms with van der Waals surface area (Å²) in [5, 5.41) is 17.1. The first-order valence-electron chi connectivity index (χ1n) is 6.62. The molecule has 0 amide bonds. The summed E-state index contributed by atoms with van der Waals surface area (Å²) in [5.74, 6) is -0.338. The average Bonchev–Trinajstić information content (AvgIpc) is 2.46. The maximum atomic E-state index is 13.6. The van der Waals surface area contributed by atoms with Crippen molar-refractivity contribution in [2.45, 2.75) is 13.5 Å². The van der Waals surface area contributed by atoms with Crippen LogP contribution in [0.2, 0.25) is 0 Å². The van der Waals surface area contributed by atoms with Gasteiger partial charge in [0.2, 0.25) is 0 Å². The summed E-state index contributed by atoms with van der Waals surface area (Å²) >= 11 is 0. The van der Waals surface area contributed by atoms with Gasteiger partial charge in [-0.3, -0.25) is 10.1 Å². The minimum Gasteiger partial charge on any atom is -0.380 e. The molecule has 0 aromatic heterocycles. The molecule has 0 fully saturated rings. The lowest BCUT2D eigenvalue weighted by Crippen LogP contribution is -2.07. The van der Waals surface area contributed by atoms with Crippen molar-refractivity contribution in [3.05, 3.63) is 64.0 Å². The van der Waals surface area contributed by atoms with E-state index in [0.717, 1.165) is 0 Å². The monoisotopic (exact) mass is 289 g/mol. The molecule has 2 aromatic rings. The van der Waals surface area contributed by atoms with E-state index < -0.39 is 4.92 Å². The summed E-state index contributed by atoms with van der Waals surface area (Å²) in [4.78, 5) is 10.8. The molecule has 0 aliphatic rings. The number of benzene rings is 2. The molecule has 2 aromatic carbocycles. The molecular formula is C15H16FN3O2. The third kappa shape index (κ3) is 3.47. The highest BCUT2D eigenvalue weighted by Crippen LogP contribution is 2.33. The Labute approximate surface area is 122 Å². The van der Waals surface area contributed by atoms with E-state index in [4.69, 9.17) is 0 Å². The fourth-order valence-corrected chi connectivity index (χ4v) is 2.05. The molecule has 5 nitrogen and oxygen atoms in total. The second-order valence-electron chi connectivity index (χ2n) is 4.43. The molecule has 0 heterocycles. The highest BCUT2D eigenvalue weighted by Gasteiger charge is 2.19. The number of hydrogen-bond acceptors (Lipinski definition) is 4. The summed E-state index contributed by atoms with van der Waals surface area (Å²) in [6.07, 6.45) is 0. The minimum absolute atomic E-state index is 0.0318. The molecule has 0 unspecified atom stereocenters. The van der Waals surface area contributed by atoms with Crippen LogP contribution in [0.4, 0.5) is 21.5 Å². The zero-order chi connectivity index (χ0) is 15.2. The molecule has 0 saturated carbocycles. The number of nitro benzene ring substituents is 1. The highest BCUT2D eigenvalue weighted by atomic mass is 19.1. The molecule has 2 rings (SSSR count). The van der Waals surface area contributed by atoms with E-state index in [9.17, 15) is 14.5 Å². The van der Waals surface area contributed by atoms with Gasteiger partial charge in [-0.05, 0) is 25.1 Å². The molecule has 0 radical (unpaired) electrons. The van der Waals surface area contributed by atoms with Crippen molar-refractivity contribution < 1.29 is 9.31 Å². The van der Waals surface area contributed by atoms with Gasteiger partial charge in [0, 0.05) is 18.7 Å². The summed E-state index contributed by atoms with van der Waals surface area (Å²) in [5.41, 5.74) is 1.24. The number of anilines is 2. The Kier molecular flexibility index (Phi) is 4.71. The van der Waals surface area contributed by atoms with E-state index in [1.807, 2.05) is 6.92 Å². The maximum Gasteiger partial charge on any atom is 0.315 e. The van der Waals surface area contributed by atoms with E-state index in [1.165, 1.54) is 6.07 Å². The Bertz CT molecular complexity index is 647. The molecule has 2 N–H and O–H groups in total. The van der Waals surface area contributed by atoms with Gasteiger partial charge in [-0.1, -0.05) is 24.3 Å². The van der Waals surface area contributed by atoms with Crippen LogP contribution in [0, 0.1) is 15.9 Å². The van der Waals surface area contributed by atoms with Crippen LogP contribution in [-0.2, 0) is 6.54 Å². The minimum atomic E-state index is -0.443. The number of para-hydroxylation sites is 1. The number of nitrogens with zero attached hydrogens (tertiary/aromatic N) is 1. The van der Waals surface area contributed by atoms with Crippen LogP contribution in [0.15, 0.2) is 42.5 Å². The molecular weight excluding hydrogens is 273 g/mol. The number of rotatable bonds is 6. The molecule has 0 bridgehead atoms. The summed E-state index contributed by atoms with van der Waals surface area (Å²) in [7, 11) is 0. The molecule has 21 heavy (non-hydrogen) atoms. The Hall–Kier alpha value is -2.63. The Morgan fingerprint density at radius 1 is 1.10 bits per heavy atom. The molecule has 0 spiro atoms. The van der Waals surface area contributed by atoms with Gasteiger partial charge in [-0.15, -0.1) is 0 Å². The Balaban J connectivity index is 2.25. The van der Waals surface area contributed by atoms with Crippen molar-refractivity contribution in [2.24, 2.45) is 0 Å². The zero-order valence-corrected chi connectivity index (χ0v) is 11.6. The quantitative estimate of drug-likeness (QED) is 0.627. The molecule has 0 aliphatic carbocycles. The smallest absolute Gasteiger partial charge is 0.315 e. The van der Waals surface area contributed by atoms with E-state index in [1.54, 1.807) is 36.4 Å². The van der Waals surface area contributed by atoms with Crippen LogP contribution in [-0.4, -0.2) is 11.5 Å². The molecule has 6 heteroatoms.